The molecule has 21 heavy (non-hydrogen) atoms. The molecule has 114 valence electrons. The van der Waals surface area contributed by atoms with E-state index < -0.39 is 6.10 Å². The van der Waals surface area contributed by atoms with Crippen molar-refractivity contribution in [3.63, 3.8) is 0 Å². The molecule has 0 fully saturated rings. The lowest BCUT2D eigenvalue weighted by Gasteiger charge is -2.24. The highest BCUT2D eigenvalue weighted by atomic mass is 16.5. The van der Waals surface area contributed by atoms with E-state index in [0.29, 0.717) is 12.2 Å². The van der Waals surface area contributed by atoms with Gasteiger partial charge in [-0.2, -0.15) is 0 Å². The van der Waals surface area contributed by atoms with Gasteiger partial charge in [-0.15, -0.1) is 0 Å². The molecule has 1 unspecified atom stereocenters. The fraction of sp³-hybridized carbons (Fsp3) is 0.529. The van der Waals surface area contributed by atoms with Gasteiger partial charge >= 0.3 is 0 Å². The highest BCUT2D eigenvalue weighted by Crippen LogP contribution is 2.26. The maximum absolute atomic E-state index is 12.0. The lowest BCUT2D eigenvalue weighted by molar-refractivity contribution is -0.128. The van der Waals surface area contributed by atoms with Gasteiger partial charge in [0.15, 0.2) is 11.9 Å². The van der Waals surface area contributed by atoms with Gasteiger partial charge in [-0.25, -0.2) is 0 Å². The smallest absolute Gasteiger partial charge is 0.261 e. The molecule has 1 aliphatic carbocycles. The average Bonchev–Trinajstić information content (AvgIpc) is 2.36. The molecular formula is C17H23NO3. The minimum absolute atomic E-state index is 0.142. The first-order chi connectivity index (χ1) is 9.76. The lowest BCUT2D eigenvalue weighted by Crippen LogP contribution is -2.46. The zero-order chi connectivity index (χ0) is 15.6. The average molecular weight is 289 g/mol. The molecule has 0 radical (unpaired) electrons. The fourth-order valence-corrected chi connectivity index (χ4v) is 2.43. The molecule has 1 amide bonds. The Labute approximate surface area is 125 Å². The van der Waals surface area contributed by atoms with Crippen molar-refractivity contribution in [2.45, 2.75) is 58.6 Å². The Kier molecular flexibility index (Phi) is 4.35. The highest BCUT2D eigenvalue weighted by Gasteiger charge is 2.22. The standard InChI is InChI=1S/C17H23NO3/c1-11(16(20)18-17(2,3)4)21-13-8-9-14-12(10-13)6-5-7-15(14)19/h8-11H,5-7H2,1-4H3,(H,18,20). The molecule has 0 heterocycles. The molecule has 0 spiro atoms. The maximum Gasteiger partial charge on any atom is 0.261 e. The predicted octanol–water partition coefficient (Wildman–Crippen LogP) is 2.89. The minimum atomic E-state index is -0.568. The summed E-state index contributed by atoms with van der Waals surface area (Å²) in [7, 11) is 0. The van der Waals surface area contributed by atoms with Crippen molar-refractivity contribution in [1.29, 1.82) is 0 Å². The summed E-state index contributed by atoms with van der Waals surface area (Å²) in [5, 5.41) is 2.89. The zero-order valence-corrected chi connectivity index (χ0v) is 13.2. The van der Waals surface area contributed by atoms with Crippen LogP contribution in [0.15, 0.2) is 18.2 Å². The van der Waals surface area contributed by atoms with E-state index in [9.17, 15) is 9.59 Å². The molecule has 0 saturated carbocycles. The van der Waals surface area contributed by atoms with Crippen molar-refractivity contribution in [1.82, 2.24) is 5.32 Å². The molecular weight excluding hydrogens is 266 g/mol. The van der Waals surface area contributed by atoms with Crippen LogP contribution in [0.25, 0.3) is 0 Å². The normalized spacial score (nSPS) is 16.1. The van der Waals surface area contributed by atoms with Crippen molar-refractivity contribution in [2.75, 3.05) is 0 Å². The van der Waals surface area contributed by atoms with Gasteiger partial charge in [0.2, 0.25) is 0 Å². The van der Waals surface area contributed by atoms with E-state index in [1.165, 1.54) is 0 Å². The van der Waals surface area contributed by atoms with Gasteiger partial charge in [-0.1, -0.05) is 0 Å². The summed E-state index contributed by atoms with van der Waals surface area (Å²) in [5.74, 6) is 0.692. The first-order valence-electron chi connectivity index (χ1n) is 7.41. The van der Waals surface area contributed by atoms with Gasteiger partial charge in [0, 0.05) is 17.5 Å². The Morgan fingerprint density at radius 1 is 1.29 bits per heavy atom. The first kappa shape index (κ1) is 15.5. The quantitative estimate of drug-likeness (QED) is 0.931. The monoisotopic (exact) mass is 289 g/mol. The number of carbonyl (C=O) groups is 2. The van der Waals surface area contributed by atoms with Crippen LogP contribution in [0.2, 0.25) is 0 Å². The second-order valence-corrected chi connectivity index (χ2v) is 6.60. The van der Waals surface area contributed by atoms with Crippen LogP contribution in [0, 0.1) is 0 Å². The third-order valence-electron chi connectivity index (χ3n) is 3.41. The molecule has 1 aromatic rings. The highest BCUT2D eigenvalue weighted by molar-refractivity contribution is 5.98. The van der Waals surface area contributed by atoms with Crippen LogP contribution in [0.1, 0.15) is 56.5 Å². The lowest BCUT2D eigenvalue weighted by atomic mass is 9.90. The summed E-state index contributed by atoms with van der Waals surface area (Å²) in [6.07, 6.45) is 1.83. The van der Waals surface area contributed by atoms with Crippen molar-refractivity contribution in [3.05, 3.63) is 29.3 Å². The maximum atomic E-state index is 12.0. The van der Waals surface area contributed by atoms with E-state index in [4.69, 9.17) is 4.74 Å². The third kappa shape index (κ3) is 4.06. The van der Waals surface area contributed by atoms with Gasteiger partial charge in [0.1, 0.15) is 5.75 Å². The summed E-state index contributed by atoms with van der Waals surface area (Å²) in [4.78, 5) is 23.8. The van der Waals surface area contributed by atoms with Crippen molar-refractivity contribution < 1.29 is 14.3 Å². The molecule has 0 saturated heterocycles. The third-order valence-corrected chi connectivity index (χ3v) is 3.41. The Balaban J connectivity index is 2.06. The van der Waals surface area contributed by atoms with Crippen LogP contribution in [-0.2, 0) is 11.2 Å². The van der Waals surface area contributed by atoms with E-state index >= 15 is 0 Å². The SMILES string of the molecule is CC(Oc1ccc2c(c1)CCCC2=O)C(=O)NC(C)(C)C. The second-order valence-electron chi connectivity index (χ2n) is 6.60. The number of amides is 1. The summed E-state index contributed by atoms with van der Waals surface area (Å²) < 4.78 is 5.70. The van der Waals surface area contributed by atoms with Crippen LogP contribution in [0.4, 0.5) is 0 Å². The van der Waals surface area contributed by atoms with Gasteiger partial charge in [0.25, 0.3) is 5.91 Å². The molecule has 4 heteroatoms. The van der Waals surface area contributed by atoms with Crippen LogP contribution in [-0.4, -0.2) is 23.3 Å². The Morgan fingerprint density at radius 3 is 2.67 bits per heavy atom. The van der Waals surface area contributed by atoms with Crippen molar-refractivity contribution >= 4 is 11.7 Å². The fourth-order valence-electron chi connectivity index (χ4n) is 2.43. The Morgan fingerprint density at radius 2 is 2.00 bits per heavy atom. The van der Waals surface area contributed by atoms with E-state index in [1.54, 1.807) is 19.1 Å². The van der Waals surface area contributed by atoms with Crippen molar-refractivity contribution in [3.8, 4) is 5.75 Å². The number of carbonyl (C=O) groups excluding carboxylic acids is 2. The van der Waals surface area contributed by atoms with Crippen LogP contribution in [0.3, 0.4) is 0 Å². The van der Waals surface area contributed by atoms with E-state index in [0.717, 1.165) is 24.0 Å². The zero-order valence-electron chi connectivity index (χ0n) is 13.2. The Bertz CT molecular complexity index is 558. The number of ether oxygens (including phenoxy) is 1. The summed E-state index contributed by atoms with van der Waals surface area (Å²) >= 11 is 0. The molecule has 1 aromatic carbocycles. The number of hydrogen-bond acceptors (Lipinski definition) is 3. The van der Waals surface area contributed by atoms with E-state index in [-0.39, 0.29) is 17.2 Å². The van der Waals surface area contributed by atoms with Gasteiger partial charge in [0.05, 0.1) is 0 Å². The minimum Gasteiger partial charge on any atom is -0.481 e. The first-order valence-corrected chi connectivity index (χ1v) is 7.41. The number of benzene rings is 1. The van der Waals surface area contributed by atoms with Crippen LogP contribution in [0.5, 0.6) is 5.75 Å². The number of aryl methyl sites for hydroxylation is 1. The van der Waals surface area contributed by atoms with E-state index in [1.807, 2.05) is 26.8 Å². The summed E-state index contributed by atoms with van der Waals surface area (Å²) in [5.41, 5.74) is 1.53. The van der Waals surface area contributed by atoms with Crippen LogP contribution < -0.4 is 10.1 Å². The van der Waals surface area contributed by atoms with Gasteiger partial charge < -0.3 is 10.1 Å². The molecule has 1 atom stereocenters. The largest absolute Gasteiger partial charge is 0.481 e. The number of hydrogen-bond donors (Lipinski definition) is 1. The number of nitrogens with one attached hydrogen (secondary N) is 1. The molecule has 0 aliphatic heterocycles. The number of Topliss-reactive ketones (excluding diaryl/α,β-unsaturated/α-hetero) is 1. The second kappa shape index (κ2) is 5.88. The number of fused-ring (bicyclic) bond motifs is 1. The summed E-state index contributed by atoms with van der Waals surface area (Å²) in [6, 6.07) is 5.46. The predicted molar refractivity (Wildman–Crippen MR) is 81.7 cm³/mol. The van der Waals surface area contributed by atoms with Gasteiger partial charge in [-0.05, 0) is 64.3 Å². The Hall–Kier alpha value is -1.84. The molecule has 1 N–H and O–H groups in total. The molecule has 1 aliphatic rings. The van der Waals surface area contributed by atoms with Crippen molar-refractivity contribution in [2.24, 2.45) is 0 Å². The molecule has 4 nitrogen and oxygen atoms in total. The van der Waals surface area contributed by atoms with Gasteiger partial charge in [-0.3, -0.25) is 9.59 Å². The molecule has 0 bridgehead atoms. The molecule has 0 aromatic heterocycles. The van der Waals surface area contributed by atoms with Crippen LogP contribution >= 0.6 is 0 Å². The molecule has 2 rings (SSSR count). The topological polar surface area (TPSA) is 55.4 Å². The number of ketones is 1. The van der Waals surface area contributed by atoms with E-state index in [2.05, 4.69) is 5.32 Å². The summed E-state index contributed by atoms with van der Waals surface area (Å²) in [6.45, 7) is 7.53. The number of rotatable bonds is 3.